The van der Waals surface area contributed by atoms with E-state index in [9.17, 15) is 0 Å². The fourth-order valence-corrected chi connectivity index (χ4v) is 7.07. The Balaban J connectivity index is 1.31. The normalized spacial score (nSPS) is 11.3. The summed E-state index contributed by atoms with van der Waals surface area (Å²) in [5, 5.41) is 4.85. The Morgan fingerprint density at radius 1 is 0.286 bits per heavy atom. The zero-order valence-electron chi connectivity index (χ0n) is 26.9. The number of nitrogens with zero attached hydrogens (tertiary/aromatic N) is 3. The van der Waals surface area contributed by atoms with Gasteiger partial charge in [-0.15, -0.1) is 0 Å². The standard InChI is InChI=1S/C46H33N3/c1-5-17-36(18-6-1)47(37-19-7-2-8-20-37)41-27-29-45-43(32-41)44-33-42(48(38-21-9-3-10-22-38)39-23-11-4-12-24-39)28-30-46(44)49(45)40-26-25-34-15-13-14-16-35(34)31-40/h1-33H. The summed E-state index contributed by atoms with van der Waals surface area (Å²) in [4.78, 5) is 4.67. The third-order valence-corrected chi connectivity index (χ3v) is 9.30. The molecule has 0 spiro atoms. The Labute approximate surface area is 286 Å². The third kappa shape index (κ3) is 5.18. The van der Waals surface area contributed by atoms with Crippen molar-refractivity contribution in [1.29, 1.82) is 0 Å². The van der Waals surface area contributed by atoms with Crippen molar-refractivity contribution < 1.29 is 0 Å². The first kappa shape index (κ1) is 28.6. The van der Waals surface area contributed by atoms with Crippen molar-refractivity contribution in [2.24, 2.45) is 0 Å². The number of para-hydroxylation sites is 4. The Kier molecular flexibility index (Phi) is 7.14. The molecule has 1 heterocycles. The number of fused-ring (bicyclic) bond motifs is 4. The average Bonchev–Trinajstić information content (AvgIpc) is 3.50. The van der Waals surface area contributed by atoms with Crippen molar-refractivity contribution in [3.05, 3.63) is 200 Å². The van der Waals surface area contributed by atoms with Gasteiger partial charge in [-0.05, 0) is 108 Å². The van der Waals surface area contributed by atoms with Crippen LogP contribution in [0.2, 0.25) is 0 Å². The third-order valence-electron chi connectivity index (χ3n) is 9.30. The van der Waals surface area contributed by atoms with E-state index < -0.39 is 0 Å². The van der Waals surface area contributed by atoms with Crippen LogP contribution in [0.5, 0.6) is 0 Å². The molecule has 0 unspecified atom stereocenters. The van der Waals surface area contributed by atoms with Gasteiger partial charge in [0, 0.05) is 50.6 Å². The van der Waals surface area contributed by atoms with E-state index in [1.807, 2.05) is 0 Å². The van der Waals surface area contributed by atoms with Crippen LogP contribution < -0.4 is 9.80 Å². The minimum absolute atomic E-state index is 1.11. The zero-order chi connectivity index (χ0) is 32.6. The van der Waals surface area contributed by atoms with E-state index in [1.165, 1.54) is 32.6 Å². The van der Waals surface area contributed by atoms with E-state index in [1.54, 1.807) is 0 Å². The molecule has 0 saturated heterocycles. The lowest BCUT2D eigenvalue weighted by atomic mass is 10.1. The molecule has 0 saturated carbocycles. The summed E-state index contributed by atoms with van der Waals surface area (Å²) in [6.07, 6.45) is 0. The molecule has 0 atom stereocenters. The molecule has 3 heteroatoms. The molecule has 49 heavy (non-hydrogen) atoms. The summed E-state index contributed by atoms with van der Waals surface area (Å²) in [6, 6.07) is 71.6. The van der Waals surface area contributed by atoms with Crippen molar-refractivity contribution >= 4 is 66.7 Å². The largest absolute Gasteiger partial charge is 0.310 e. The van der Waals surface area contributed by atoms with E-state index in [2.05, 4.69) is 215 Å². The fraction of sp³-hybridized carbons (Fsp3) is 0. The van der Waals surface area contributed by atoms with E-state index >= 15 is 0 Å². The molecule has 232 valence electrons. The molecular weight excluding hydrogens is 595 g/mol. The lowest BCUT2D eigenvalue weighted by Gasteiger charge is -2.26. The summed E-state index contributed by atoms with van der Waals surface area (Å²) in [7, 11) is 0. The molecular formula is C46H33N3. The molecule has 9 rings (SSSR count). The molecule has 0 amide bonds. The molecule has 0 N–H and O–H groups in total. The molecule has 0 aliphatic rings. The van der Waals surface area contributed by atoms with Gasteiger partial charge in [-0.3, -0.25) is 0 Å². The van der Waals surface area contributed by atoms with Gasteiger partial charge >= 0.3 is 0 Å². The summed E-state index contributed by atoms with van der Waals surface area (Å²) in [6.45, 7) is 0. The van der Waals surface area contributed by atoms with Gasteiger partial charge in [-0.1, -0.05) is 103 Å². The van der Waals surface area contributed by atoms with Gasteiger partial charge in [-0.2, -0.15) is 0 Å². The first-order chi connectivity index (χ1) is 24.3. The van der Waals surface area contributed by atoms with Crippen LogP contribution in [0.15, 0.2) is 200 Å². The predicted molar refractivity (Wildman–Crippen MR) is 208 cm³/mol. The SMILES string of the molecule is c1ccc(N(c2ccccc2)c2ccc3c(c2)c2cc(N(c4ccccc4)c4ccccc4)ccc2n3-c2ccc3ccccc3c2)cc1. The summed E-state index contributed by atoms with van der Waals surface area (Å²) in [5.41, 5.74) is 10.2. The van der Waals surface area contributed by atoms with Crippen molar-refractivity contribution in [3.63, 3.8) is 0 Å². The number of rotatable bonds is 7. The summed E-state index contributed by atoms with van der Waals surface area (Å²) < 4.78 is 2.41. The second kappa shape index (κ2) is 12.2. The maximum atomic E-state index is 2.41. The first-order valence-electron chi connectivity index (χ1n) is 16.7. The number of hydrogen-bond acceptors (Lipinski definition) is 2. The van der Waals surface area contributed by atoms with Crippen LogP contribution in [-0.4, -0.2) is 4.57 Å². The number of aromatic nitrogens is 1. The minimum atomic E-state index is 1.11. The van der Waals surface area contributed by atoms with Crippen LogP contribution in [0.25, 0.3) is 38.3 Å². The van der Waals surface area contributed by atoms with Gasteiger partial charge in [0.1, 0.15) is 0 Å². The van der Waals surface area contributed by atoms with Gasteiger partial charge in [0.25, 0.3) is 0 Å². The minimum Gasteiger partial charge on any atom is -0.310 e. The maximum absolute atomic E-state index is 2.41. The molecule has 0 radical (unpaired) electrons. The highest BCUT2D eigenvalue weighted by Crippen LogP contribution is 2.42. The van der Waals surface area contributed by atoms with Gasteiger partial charge in [0.2, 0.25) is 0 Å². The molecule has 0 aliphatic carbocycles. The van der Waals surface area contributed by atoms with E-state index in [0.717, 1.165) is 39.8 Å². The van der Waals surface area contributed by atoms with Gasteiger partial charge < -0.3 is 14.4 Å². The van der Waals surface area contributed by atoms with Crippen LogP contribution in [0.1, 0.15) is 0 Å². The van der Waals surface area contributed by atoms with Crippen molar-refractivity contribution in [2.75, 3.05) is 9.80 Å². The van der Waals surface area contributed by atoms with Crippen molar-refractivity contribution in [1.82, 2.24) is 4.57 Å². The van der Waals surface area contributed by atoms with Crippen LogP contribution in [0.4, 0.5) is 34.1 Å². The van der Waals surface area contributed by atoms with Crippen LogP contribution in [0.3, 0.4) is 0 Å². The van der Waals surface area contributed by atoms with Gasteiger partial charge in [0.05, 0.1) is 11.0 Å². The Morgan fingerprint density at radius 3 is 1.10 bits per heavy atom. The van der Waals surface area contributed by atoms with Crippen LogP contribution in [0, 0.1) is 0 Å². The molecule has 0 aliphatic heterocycles. The van der Waals surface area contributed by atoms with E-state index in [0.29, 0.717) is 0 Å². The average molecular weight is 628 g/mol. The molecule has 8 aromatic carbocycles. The molecule has 0 bridgehead atoms. The molecule has 0 fully saturated rings. The first-order valence-corrected chi connectivity index (χ1v) is 16.7. The highest BCUT2D eigenvalue weighted by molar-refractivity contribution is 6.12. The number of benzene rings is 8. The van der Waals surface area contributed by atoms with Crippen molar-refractivity contribution in [2.45, 2.75) is 0 Å². The lowest BCUT2D eigenvalue weighted by Crippen LogP contribution is -2.09. The highest BCUT2D eigenvalue weighted by atomic mass is 15.1. The Morgan fingerprint density at radius 2 is 0.673 bits per heavy atom. The Hall–Kier alpha value is -6.58. The van der Waals surface area contributed by atoms with Crippen LogP contribution >= 0.6 is 0 Å². The van der Waals surface area contributed by atoms with Crippen molar-refractivity contribution in [3.8, 4) is 5.69 Å². The van der Waals surface area contributed by atoms with Crippen LogP contribution in [-0.2, 0) is 0 Å². The predicted octanol–water partition coefficient (Wildman–Crippen LogP) is 12.9. The summed E-state index contributed by atoms with van der Waals surface area (Å²) >= 11 is 0. The second-order valence-corrected chi connectivity index (χ2v) is 12.3. The second-order valence-electron chi connectivity index (χ2n) is 12.3. The summed E-state index contributed by atoms with van der Waals surface area (Å²) in [5.74, 6) is 0. The smallest absolute Gasteiger partial charge is 0.0542 e. The topological polar surface area (TPSA) is 11.4 Å². The molecule has 9 aromatic rings. The highest BCUT2D eigenvalue weighted by Gasteiger charge is 2.20. The van der Waals surface area contributed by atoms with E-state index in [-0.39, 0.29) is 0 Å². The monoisotopic (exact) mass is 627 g/mol. The lowest BCUT2D eigenvalue weighted by molar-refractivity contribution is 1.18. The maximum Gasteiger partial charge on any atom is 0.0542 e. The van der Waals surface area contributed by atoms with Gasteiger partial charge in [0.15, 0.2) is 0 Å². The van der Waals surface area contributed by atoms with E-state index in [4.69, 9.17) is 0 Å². The zero-order valence-corrected chi connectivity index (χ0v) is 26.9. The Bertz CT molecular complexity index is 2320. The number of hydrogen-bond donors (Lipinski definition) is 0. The van der Waals surface area contributed by atoms with Gasteiger partial charge in [-0.25, -0.2) is 0 Å². The fourth-order valence-electron chi connectivity index (χ4n) is 7.07. The molecule has 3 nitrogen and oxygen atoms in total. The quantitative estimate of drug-likeness (QED) is 0.174. The molecule has 1 aromatic heterocycles. The number of anilines is 6.